The number of hydrogen-bond donors (Lipinski definition) is 1. The Balaban J connectivity index is 0.00000242. The average Bonchev–Trinajstić information content (AvgIpc) is 2.43. The number of halogens is 6. The van der Waals surface area contributed by atoms with Gasteiger partial charge in [-0.05, 0) is 18.1 Å². The standard InChI is InChI=1S/C14H17ClF4N2.ClH/c15-13-10(2-1-3-11(13)16)12(4-5-14(17,18)19)21-8-6-20-7-9-21;/h1-3,12,20H,4-9H2;1H/t12-;/m1./s1. The van der Waals surface area contributed by atoms with Crippen LogP contribution in [0.5, 0.6) is 0 Å². The van der Waals surface area contributed by atoms with Crippen molar-refractivity contribution in [3.63, 3.8) is 0 Å². The molecular formula is C14H18Cl2F4N2. The van der Waals surface area contributed by atoms with Gasteiger partial charge in [0, 0.05) is 38.6 Å². The number of hydrogen-bond acceptors (Lipinski definition) is 2. The van der Waals surface area contributed by atoms with E-state index >= 15 is 0 Å². The van der Waals surface area contributed by atoms with E-state index in [0.717, 1.165) is 0 Å². The van der Waals surface area contributed by atoms with Crippen LogP contribution in [0.2, 0.25) is 5.02 Å². The molecule has 22 heavy (non-hydrogen) atoms. The van der Waals surface area contributed by atoms with Crippen molar-refractivity contribution in [1.29, 1.82) is 0 Å². The van der Waals surface area contributed by atoms with Crippen molar-refractivity contribution in [3.8, 4) is 0 Å². The zero-order chi connectivity index (χ0) is 15.5. The molecule has 0 aliphatic carbocycles. The molecule has 1 fully saturated rings. The lowest BCUT2D eigenvalue weighted by atomic mass is 9.99. The van der Waals surface area contributed by atoms with E-state index in [0.29, 0.717) is 31.7 Å². The fourth-order valence-electron chi connectivity index (χ4n) is 2.61. The lowest BCUT2D eigenvalue weighted by molar-refractivity contribution is -0.138. The summed E-state index contributed by atoms with van der Waals surface area (Å²) in [5.41, 5.74) is 0.433. The van der Waals surface area contributed by atoms with E-state index < -0.39 is 24.5 Å². The molecule has 1 heterocycles. The first-order chi connectivity index (χ1) is 9.88. The molecule has 0 spiro atoms. The third kappa shape index (κ3) is 5.26. The summed E-state index contributed by atoms with van der Waals surface area (Å²) >= 11 is 5.96. The topological polar surface area (TPSA) is 15.3 Å². The van der Waals surface area contributed by atoms with E-state index in [1.807, 2.05) is 4.90 Å². The normalized spacial score (nSPS) is 17.9. The van der Waals surface area contributed by atoms with Crippen molar-refractivity contribution in [2.24, 2.45) is 0 Å². The predicted octanol–water partition coefficient (Wildman–Crippen LogP) is 4.19. The monoisotopic (exact) mass is 360 g/mol. The van der Waals surface area contributed by atoms with Crippen molar-refractivity contribution in [3.05, 3.63) is 34.6 Å². The van der Waals surface area contributed by atoms with Crippen molar-refractivity contribution in [2.75, 3.05) is 26.2 Å². The highest BCUT2D eigenvalue weighted by atomic mass is 35.5. The molecule has 1 atom stereocenters. The summed E-state index contributed by atoms with van der Waals surface area (Å²) < 4.78 is 51.2. The van der Waals surface area contributed by atoms with E-state index in [1.165, 1.54) is 12.1 Å². The lowest BCUT2D eigenvalue weighted by Crippen LogP contribution is -2.45. The van der Waals surface area contributed by atoms with E-state index in [2.05, 4.69) is 5.32 Å². The van der Waals surface area contributed by atoms with Gasteiger partial charge in [-0.3, -0.25) is 4.90 Å². The molecule has 0 aromatic heterocycles. The van der Waals surface area contributed by atoms with Crippen molar-refractivity contribution >= 4 is 24.0 Å². The molecular weight excluding hydrogens is 343 g/mol. The van der Waals surface area contributed by atoms with E-state index in [1.54, 1.807) is 6.07 Å². The van der Waals surface area contributed by atoms with E-state index in [9.17, 15) is 17.6 Å². The van der Waals surface area contributed by atoms with E-state index in [-0.39, 0.29) is 23.9 Å². The summed E-state index contributed by atoms with van der Waals surface area (Å²) in [6.07, 6.45) is -5.26. The number of benzene rings is 1. The van der Waals surface area contributed by atoms with Crippen LogP contribution in [0.3, 0.4) is 0 Å². The van der Waals surface area contributed by atoms with Gasteiger partial charge in [0.05, 0.1) is 5.02 Å². The molecule has 0 unspecified atom stereocenters. The third-order valence-corrected chi connectivity index (χ3v) is 4.03. The second-order valence-electron chi connectivity index (χ2n) is 5.10. The summed E-state index contributed by atoms with van der Waals surface area (Å²) in [6.45, 7) is 2.65. The second-order valence-corrected chi connectivity index (χ2v) is 5.48. The molecule has 1 aliphatic rings. The lowest BCUT2D eigenvalue weighted by Gasteiger charge is -2.36. The minimum absolute atomic E-state index is 0. The zero-order valence-electron chi connectivity index (χ0n) is 11.8. The molecule has 1 aromatic carbocycles. The third-order valence-electron chi connectivity index (χ3n) is 3.63. The highest BCUT2D eigenvalue weighted by Gasteiger charge is 2.32. The molecule has 0 radical (unpaired) electrons. The van der Waals surface area contributed by atoms with Crippen LogP contribution >= 0.6 is 24.0 Å². The van der Waals surface area contributed by atoms with Gasteiger partial charge in [0.2, 0.25) is 0 Å². The second kappa shape index (κ2) is 8.34. The van der Waals surface area contributed by atoms with Gasteiger partial charge in [0.25, 0.3) is 0 Å². The Morgan fingerprint density at radius 3 is 2.45 bits per heavy atom. The SMILES string of the molecule is Cl.Fc1cccc([C@@H](CCC(F)(F)F)N2CCNCC2)c1Cl. The van der Waals surface area contributed by atoms with Gasteiger partial charge in [-0.2, -0.15) is 13.2 Å². The van der Waals surface area contributed by atoms with Gasteiger partial charge in [-0.15, -0.1) is 12.4 Å². The Labute approximate surface area is 138 Å². The highest BCUT2D eigenvalue weighted by Crippen LogP contribution is 2.35. The Bertz CT molecular complexity index is 476. The summed E-state index contributed by atoms with van der Waals surface area (Å²) in [6, 6.07) is 3.79. The number of rotatable bonds is 4. The first kappa shape index (κ1) is 19.5. The van der Waals surface area contributed by atoms with Crippen molar-refractivity contribution < 1.29 is 17.6 Å². The van der Waals surface area contributed by atoms with Gasteiger partial charge in [-0.1, -0.05) is 23.7 Å². The molecule has 0 bridgehead atoms. The first-order valence-corrected chi connectivity index (χ1v) is 7.22. The number of piperazine rings is 1. The average molecular weight is 361 g/mol. The van der Waals surface area contributed by atoms with Crippen LogP contribution < -0.4 is 5.32 Å². The van der Waals surface area contributed by atoms with Crippen LogP contribution in [0.15, 0.2) is 18.2 Å². The zero-order valence-corrected chi connectivity index (χ0v) is 13.4. The summed E-state index contributed by atoms with van der Waals surface area (Å²) in [7, 11) is 0. The number of alkyl halides is 3. The Kier molecular flexibility index (Phi) is 7.38. The first-order valence-electron chi connectivity index (χ1n) is 6.84. The largest absolute Gasteiger partial charge is 0.389 e. The summed E-state index contributed by atoms with van der Waals surface area (Å²) in [5, 5.41) is 3.07. The quantitative estimate of drug-likeness (QED) is 0.809. The van der Waals surface area contributed by atoms with Crippen LogP contribution in [0, 0.1) is 5.82 Å². The fourth-order valence-corrected chi connectivity index (χ4v) is 2.86. The molecule has 1 aliphatic heterocycles. The molecule has 1 aromatic rings. The maximum atomic E-state index is 13.6. The Morgan fingerprint density at radius 2 is 1.86 bits per heavy atom. The maximum absolute atomic E-state index is 13.6. The highest BCUT2D eigenvalue weighted by molar-refractivity contribution is 6.31. The van der Waals surface area contributed by atoms with Crippen LogP contribution in [-0.4, -0.2) is 37.3 Å². The minimum Gasteiger partial charge on any atom is -0.314 e. The minimum atomic E-state index is -4.23. The molecule has 0 amide bonds. The molecule has 2 rings (SSSR count). The molecule has 2 nitrogen and oxygen atoms in total. The van der Waals surface area contributed by atoms with Gasteiger partial charge >= 0.3 is 6.18 Å². The van der Waals surface area contributed by atoms with Crippen LogP contribution in [0.25, 0.3) is 0 Å². The van der Waals surface area contributed by atoms with Gasteiger partial charge in [-0.25, -0.2) is 4.39 Å². The van der Waals surface area contributed by atoms with Crippen molar-refractivity contribution in [2.45, 2.75) is 25.1 Å². The Hall–Kier alpha value is -0.560. The summed E-state index contributed by atoms with van der Waals surface area (Å²) in [5.74, 6) is -0.596. The van der Waals surface area contributed by atoms with Gasteiger partial charge in [0.1, 0.15) is 5.82 Å². The molecule has 0 saturated carbocycles. The molecule has 1 saturated heterocycles. The van der Waals surface area contributed by atoms with Crippen LogP contribution in [0.1, 0.15) is 24.4 Å². The van der Waals surface area contributed by atoms with E-state index in [4.69, 9.17) is 11.6 Å². The fraction of sp³-hybridized carbons (Fsp3) is 0.571. The van der Waals surface area contributed by atoms with Gasteiger partial charge in [0.15, 0.2) is 0 Å². The maximum Gasteiger partial charge on any atom is 0.389 e. The van der Waals surface area contributed by atoms with Crippen LogP contribution in [-0.2, 0) is 0 Å². The molecule has 126 valence electrons. The van der Waals surface area contributed by atoms with Gasteiger partial charge < -0.3 is 5.32 Å². The number of nitrogens with one attached hydrogen (secondary N) is 1. The molecule has 1 N–H and O–H groups in total. The number of nitrogens with zero attached hydrogens (tertiary/aromatic N) is 1. The summed E-state index contributed by atoms with van der Waals surface area (Å²) in [4.78, 5) is 1.93. The predicted molar refractivity (Wildman–Crippen MR) is 81.1 cm³/mol. The van der Waals surface area contributed by atoms with Crippen LogP contribution in [0.4, 0.5) is 17.6 Å². The Morgan fingerprint density at radius 1 is 1.23 bits per heavy atom. The smallest absolute Gasteiger partial charge is 0.314 e. The van der Waals surface area contributed by atoms with Crippen molar-refractivity contribution in [1.82, 2.24) is 10.2 Å². The molecule has 8 heteroatoms.